The van der Waals surface area contributed by atoms with Crippen molar-refractivity contribution in [2.75, 3.05) is 11.4 Å². The number of halogens is 1. The Morgan fingerprint density at radius 3 is 2.50 bits per heavy atom. The van der Waals surface area contributed by atoms with E-state index in [1.165, 1.54) is 0 Å². The fraction of sp³-hybridized carbons (Fsp3) is 0.273. The van der Waals surface area contributed by atoms with E-state index in [0.29, 0.717) is 6.54 Å². The number of carbonyl (C=O) groups is 2. The average Bonchev–Trinajstić information content (AvgIpc) is 2.62. The normalized spacial score (nSPS) is 20.2. The number of hydrogen-bond donors (Lipinski definition) is 1. The number of nitrogens with two attached hydrogens (primary N) is 1. The van der Waals surface area contributed by atoms with Crippen molar-refractivity contribution in [3.63, 3.8) is 0 Å². The highest BCUT2D eigenvalue weighted by Gasteiger charge is 2.33. The highest BCUT2D eigenvalue weighted by molar-refractivity contribution is 9.10. The van der Waals surface area contributed by atoms with Crippen LogP contribution in [-0.4, -0.2) is 18.4 Å². The van der Waals surface area contributed by atoms with Gasteiger partial charge in [0.1, 0.15) is 0 Å². The highest BCUT2D eigenvalue weighted by atomic mass is 79.9. The number of carbonyl (C=O) groups excluding carboxylic acids is 2. The molecule has 16 heavy (non-hydrogen) atoms. The second kappa shape index (κ2) is 4.25. The van der Waals surface area contributed by atoms with Gasteiger partial charge in [-0.05, 0) is 24.3 Å². The van der Waals surface area contributed by atoms with Crippen LogP contribution in [0.2, 0.25) is 0 Å². The van der Waals surface area contributed by atoms with Crippen LogP contribution < -0.4 is 10.6 Å². The first kappa shape index (κ1) is 11.1. The van der Waals surface area contributed by atoms with Crippen molar-refractivity contribution in [3.8, 4) is 0 Å². The molecule has 4 nitrogen and oxygen atoms in total. The molecule has 1 aromatic rings. The molecule has 1 aliphatic heterocycles. The summed E-state index contributed by atoms with van der Waals surface area (Å²) in [4.78, 5) is 24.3. The standard InChI is InChI=1S/C11H11BrN2O2/c12-8-1-3-9(4-2-8)14-6-7(11(13)16)5-10(14)15/h1-4,7H,5-6H2,(H2,13,16). The SMILES string of the molecule is NC(=O)C1CC(=O)N(c2ccc(Br)cc2)C1. The fourth-order valence-electron chi connectivity index (χ4n) is 1.77. The van der Waals surface area contributed by atoms with Crippen molar-refractivity contribution in [2.24, 2.45) is 11.7 Å². The van der Waals surface area contributed by atoms with Gasteiger partial charge in [-0.3, -0.25) is 9.59 Å². The quantitative estimate of drug-likeness (QED) is 0.888. The molecule has 0 aromatic heterocycles. The molecular formula is C11H11BrN2O2. The van der Waals surface area contributed by atoms with E-state index in [-0.39, 0.29) is 18.2 Å². The maximum absolute atomic E-state index is 11.7. The van der Waals surface area contributed by atoms with Crippen molar-refractivity contribution in [1.82, 2.24) is 0 Å². The molecule has 2 amide bonds. The topological polar surface area (TPSA) is 63.4 Å². The zero-order valence-corrected chi connectivity index (χ0v) is 10.1. The highest BCUT2D eigenvalue weighted by Crippen LogP contribution is 2.26. The van der Waals surface area contributed by atoms with Gasteiger partial charge in [-0.1, -0.05) is 15.9 Å². The fourth-order valence-corrected chi connectivity index (χ4v) is 2.03. The molecule has 1 saturated heterocycles. The molecule has 0 bridgehead atoms. The molecule has 1 fully saturated rings. The molecule has 84 valence electrons. The molecule has 1 heterocycles. The first-order chi connectivity index (χ1) is 7.58. The van der Waals surface area contributed by atoms with Crippen LogP contribution in [0, 0.1) is 5.92 Å². The van der Waals surface area contributed by atoms with Crippen LogP contribution in [-0.2, 0) is 9.59 Å². The largest absolute Gasteiger partial charge is 0.369 e. The van der Waals surface area contributed by atoms with E-state index in [0.717, 1.165) is 10.2 Å². The van der Waals surface area contributed by atoms with Crippen molar-refractivity contribution in [1.29, 1.82) is 0 Å². The second-order valence-electron chi connectivity index (χ2n) is 3.78. The van der Waals surface area contributed by atoms with Crippen LogP contribution in [0.5, 0.6) is 0 Å². The van der Waals surface area contributed by atoms with Gasteiger partial charge in [0.15, 0.2) is 0 Å². The van der Waals surface area contributed by atoms with Gasteiger partial charge in [0.05, 0.1) is 5.92 Å². The summed E-state index contributed by atoms with van der Waals surface area (Å²) in [5.74, 6) is -0.824. The third-order valence-corrected chi connectivity index (χ3v) is 3.19. The number of primary amides is 1. The van der Waals surface area contributed by atoms with Gasteiger partial charge >= 0.3 is 0 Å². The smallest absolute Gasteiger partial charge is 0.227 e. The Bertz CT molecular complexity index is 430. The van der Waals surface area contributed by atoms with Crippen molar-refractivity contribution in [2.45, 2.75) is 6.42 Å². The lowest BCUT2D eigenvalue weighted by Crippen LogP contribution is -2.28. The first-order valence-corrected chi connectivity index (χ1v) is 5.72. The van der Waals surface area contributed by atoms with Gasteiger partial charge in [0.2, 0.25) is 11.8 Å². The van der Waals surface area contributed by atoms with E-state index in [2.05, 4.69) is 15.9 Å². The van der Waals surface area contributed by atoms with Gasteiger partial charge in [-0.25, -0.2) is 0 Å². The number of hydrogen-bond acceptors (Lipinski definition) is 2. The van der Waals surface area contributed by atoms with Crippen LogP contribution in [0.15, 0.2) is 28.7 Å². The summed E-state index contributed by atoms with van der Waals surface area (Å²) in [6.45, 7) is 0.385. The molecule has 0 saturated carbocycles. The van der Waals surface area contributed by atoms with Crippen LogP contribution in [0.25, 0.3) is 0 Å². The zero-order chi connectivity index (χ0) is 11.7. The van der Waals surface area contributed by atoms with Gasteiger partial charge in [0.25, 0.3) is 0 Å². The van der Waals surface area contributed by atoms with Gasteiger partial charge in [-0.2, -0.15) is 0 Å². The summed E-state index contributed by atoms with van der Waals surface area (Å²) >= 11 is 3.33. The summed E-state index contributed by atoms with van der Waals surface area (Å²) in [7, 11) is 0. The van der Waals surface area contributed by atoms with Crippen molar-refractivity contribution < 1.29 is 9.59 Å². The molecule has 1 aromatic carbocycles. The van der Waals surface area contributed by atoms with Gasteiger partial charge in [-0.15, -0.1) is 0 Å². The molecule has 0 aliphatic carbocycles. The molecule has 2 rings (SSSR count). The van der Waals surface area contributed by atoms with Crippen LogP contribution in [0.3, 0.4) is 0 Å². The molecule has 5 heteroatoms. The number of rotatable bonds is 2. The van der Waals surface area contributed by atoms with Crippen molar-refractivity contribution in [3.05, 3.63) is 28.7 Å². The van der Waals surface area contributed by atoms with E-state index in [1.807, 2.05) is 24.3 Å². The molecule has 0 radical (unpaired) electrons. The maximum Gasteiger partial charge on any atom is 0.227 e. The molecule has 1 unspecified atom stereocenters. The van der Waals surface area contributed by atoms with Crippen LogP contribution in [0.1, 0.15) is 6.42 Å². The molecule has 0 spiro atoms. The molecule has 1 atom stereocenters. The number of benzene rings is 1. The van der Waals surface area contributed by atoms with Gasteiger partial charge in [0, 0.05) is 23.1 Å². The molecular weight excluding hydrogens is 272 g/mol. The third kappa shape index (κ3) is 2.09. The minimum atomic E-state index is -0.409. The zero-order valence-electron chi connectivity index (χ0n) is 8.52. The third-order valence-electron chi connectivity index (χ3n) is 2.67. The Morgan fingerprint density at radius 2 is 2.00 bits per heavy atom. The average molecular weight is 283 g/mol. The molecule has 2 N–H and O–H groups in total. The Morgan fingerprint density at radius 1 is 1.38 bits per heavy atom. The van der Waals surface area contributed by atoms with E-state index in [9.17, 15) is 9.59 Å². The Balaban J connectivity index is 2.20. The number of nitrogens with zero attached hydrogens (tertiary/aromatic N) is 1. The van der Waals surface area contributed by atoms with Gasteiger partial charge < -0.3 is 10.6 Å². The lowest BCUT2D eigenvalue weighted by Gasteiger charge is -2.16. The van der Waals surface area contributed by atoms with E-state index < -0.39 is 5.91 Å². The van der Waals surface area contributed by atoms with E-state index >= 15 is 0 Å². The monoisotopic (exact) mass is 282 g/mol. The number of anilines is 1. The lowest BCUT2D eigenvalue weighted by molar-refractivity contribution is -0.123. The predicted octanol–water partition coefficient (Wildman–Crippen LogP) is 1.29. The van der Waals surface area contributed by atoms with E-state index in [1.54, 1.807) is 4.90 Å². The Kier molecular flexibility index (Phi) is 2.96. The summed E-state index contributed by atoms with van der Waals surface area (Å²) in [5.41, 5.74) is 6.00. The molecule has 1 aliphatic rings. The summed E-state index contributed by atoms with van der Waals surface area (Å²) in [5, 5.41) is 0. The first-order valence-electron chi connectivity index (χ1n) is 4.93. The summed E-state index contributed by atoms with van der Waals surface area (Å²) in [6.07, 6.45) is 0.214. The van der Waals surface area contributed by atoms with E-state index in [4.69, 9.17) is 5.73 Å². The minimum Gasteiger partial charge on any atom is -0.369 e. The Labute approximate surface area is 102 Å². The maximum atomic E-state index is 11.7. The summed E-state index contributed by atoms with van der Waals surface area (Å²) < 4.78 is 0.953. The number of amides is 2. The lowest BCUT2D eigenvalue weighted by atomic mass is 10.1. The Hall–Kier alpha value is -1.36. The van der Waals surface area contributed by atoms with Crippen LogP contribution >= 0.6 is 15.9 Å². The van der Waals surface area contributed by atoms with Crippen molar-refractivity contribution >= 4 is 33.4 Å². The van der Waals surface area contributed by atoms with Crippen LogP contribution in [0.4, 0.5) is 5.69 Å². The second-order valence-corrected chi connectivity index (χ2v) is 4.70. The predicted molar refractivity (Wildman–Crippen MR) is 63.8 cm³/mol. The minimum absolute atomic E-state index is 0.0499. The summed E-state index contributed by atoms with van der Waals surface area (Å²) in [6, 6.07) is 7.40.